The molecule has 6 heteroatoms. The minimum atomic E-state index is -0.188. The Labute approximate surface area is 191 Å². The van der Waals surface area contributed by atoms with Gasteiger partial charge in [0, 0.05) is 53.4 Å². The van der Waals surface area contributed by atoms with Crippen LogP contribution in [0.3, 0.4) is 0 Å². The van der Waals surface area contributed by atoms with Gasteiger partial charge in [0.2, 0.25) is 5.91 Å². The summed E-state index contributed by atoms with van der Waals surface area (Å²) < 4.78 is 0. The summed E-state index contributed by atoms with van der Waals surface area (Å²) in [5.41, 5.74) is 6.96. The van der Waals surface area contributed by atoms with Gasteiger partial charge in [0.1, 0.15) is 0 Å². The fourth-order valence-corrected chi connectivity index (χ4v) is 3.85. The number of hydrogen-bond donors (Lipinski definition) is 3. The third-order valence-electron chi connectivity index (χ3n) is 5.55. The van der Waals surface area contributed by atoms with Crippen molar-refractivity contribution in [2.75, 3.05) is 11.9 Å². The number of amides is 2. The zero-order chi connectivity index (χ0) is 22.6. The van der Waals surface area contributed by atoms with E-state index in [9.17, 15) is 9.59 Å². The zero-order valence-electron chi connectivity index (χ0n) is 17.8. The molecule has 2 amide bonds. The van der Waals surface area contributed by atoms with Gasteiger partial charge in [-0.1, -0.05) is 42.5 Å². The quantitative estimate of drug-likeness (QED) is 0.399. The molecular formula is C27H22N4O2. The number of anilines is 1. The molecule has 0 saturated carbocycles. The Morgan fingerprint density at radius 3 is 2.58 bits per heavy atom. The molecule has 2 aromatic heterocycles. The number of H-pyrrole nitrogens is 1. The molecule has 1 aliphatic rings. The molecule has 33 heavy (non-hydrogen) atoms. The Balaban J connectivity index is 1.30. The number of pyridine rings is 1. The van der Waals surface area contributed by atoms with Gasteiger partial charge in [0.25, 0.3) is 5.91 Å². The van der Waals surface area contributed by atoms with Gasteiger partial charge < -0.3 is 15.6 Å². The van der Waals surface area contributed by atoms with Gasteiger partial charge in [0.05, 0.1) is 11.3 Å². The molecule has 0 saturated heterocycles. The van der Waals surface area contributed by atoms with Gasteiger partial charge in [-0.2, -0.15) is 0 Å². The number of aromatic nitrogens is 2. The summed E-state index contributed by atoms with van der Waals surface area (Å²) in [4.78, 5) is 32.1. The second-order valence-corrected chi connectivity index (χ2v) is 7.82. The summed E-state index contributed by atoms with van der Waals surface area (Å²) in [5.74, 6) is -0.226. The number of benzene rings is 2. The maximum absolute atomic E-state index is 12.2. The van der Waals surface area contributed by atoms with E-state index in [4.69, 9.17) is 0 Å². The molecule has 5 rings (SSSR count). The van der Waals surface area contributed by atoms with Crippen molar-refractivity contribution >= 4 is 23.6 Å². The lowest BCUT2D eigenvalue weighted by molar-refractivity contribution is -0.111. The standard InChI is InChI=1S/C27H22N4O2/c32-26(11-6-18-4-2-1-3-5-18)30-21-9-7-19(8-10-21)24-16-20(12-14-28-24)25-17-22-23(31-25)13-15-29-27(22)33/h1-12,14,16-17,31H,13,15H2,(H,29,33)(H,30,32). The summed E-state index contributed by atoms with van der Waals surface area (Å²) in [7, 11) is 0. The maximum Gasteiger partial charge on any atom is 0.253 e. The van der Waals surface area contributed by atoms with Gasteiger partial charge in [-0.15, -0.1) is 0 Å². The van der Waals surface area contributed by atoms with Gasteiger partial charge in [-0.05, 0) is 42.0 Å². The fraction of sp³-hybridized carbons (Fsp3) is 0.0741. The maximum atomic E-state index is 12.2. The summed E-state index contributed by atoms with van der Waals surface area (Å²) in [5, 5.41) is 5.74. The van der Waals surface area contributed by atoms with Crippen molar-refractivity contribution in [2.24, 2.45) is 0 Å². The average Bonchev–Trinajstić information content (AvgIpc) is 3.30. The van der Waals surface area contributed by atoms with Crippen LogP contribution >= 0.6 is 0 Å². The smallest absolute Gasteiger partial charge is 0.253 e. The highest BCUT2D eigenvalue weighted by molar-refractivity contribution is 6.02. The van der Waals surface area contributed by atoms with Gasteiger partial charge in [0.15, 0.2) is 0 Å². The lowest BCUT2D eigenvalue weighted by atomic mass is 10.1. The van der Waals surface area contributed by atoms with Crippen LogP contribution in [-0.4, -0.2) is 28.3 Å². The monoisotopic (exact) mass is 434 g/mol. The van der Waals surface area contributed by atoms with Crippen molar-refractivity contribution in [3.63, 3.8) is 0 Å². The number of carbonyl (C=O) groups excluding carboxylic acids is 2. The summed E-state index contributed by atoms with van der Waals surface area (Å²) >= 11 is 0. The highest BCUT2D eigenvalue weighted by Gasteiger charge is 2.20. The van der Waals surface area contributed by atoms with Crippen molar-refractivity contribution in [1.29, 1.82) is 0 Å². The Kier molecular flexibility index (Phi) is 5.55. The molecule has 3 N–H and O–H groups in total. The predicted molar refractivity (Wildman–Crippen MR) is 130 cm³/mol. The Morgan fingerprint density at radius 1 is 0.970 bits per heavy atom. The van der Waals surface area contributed by atoms with E-state index in [1.54, 1.807) is 12.3 Å². The van der Waals surface area contributed by atoms with Gasteiger partial charge in [-0.3, -0.25) is 14.6 Å². The van der Waals surface area contributed by atoms with E-state index in [1.165, 1.54) is 6.08 Å². The van der Waals surface area contributed by atoms with Crippen molar-refractivity contribution in [3.05, 3.63) is 102 Å². The number of nitrogens with zero attached hydrogens (tertiary/aromatic N) is 1. The molecule has 0 spiro atoms. The van der Waals surface area contributed by atoms with Gasteiger partial charge in [-0.25, -0.2) is 0 Å². The van der Waals surface area contributed by atoms with E-state index in [-0.39, 0.29) is 11.8 Å². The molecule has 4 aromatic rings. The van der Waals surface area contributed by atoms with Crippen LogP contribution in [0.25, 0.3) is 28.6 Å². The Bertz CT molecular complexity index is 1340. The molecule has 0 bridgehead atoms. The number of rotatable bonds is 5. The lowest BCUT2D eigenvalue weighted by Gasteiger charge is -2.11. The van der Waals surface area contributed by atoms with Crippen LogP contribution in [0, 0.1) is 0 Å². The predicted octanol–water partition coefficient (Wildman–Crippen LogP) is 4.68. The summed E-state index contributed by atoms with van der Waals surface area (Å²) in [6, 6.07) is 23.1. The van der Waals surface area contributed by atoms with Crippen LogP contribution in [-0.2, 0) is 11.2 Å². The van der Waals surface area contributed by atoms with Crippen LogP contribution in [0.15, 0.2) is 85.1 Å². The lowest BCUT2D eigenvalue weighted by Crippen LogP contribution is -2.31. The molecule has 0 fully saturated rings. The first-order valence-electron chi connectivity index (χ1n) is 10.8. The zero-order valence-corrected chi connectivity index (χ0v) is 17.8. The number of aromatic amines is 1. The number of carbonyl (C=O) groups is 2. The first kappa shape index (κ1) is 20.5. The van der Waals surface area contributed by atoms with E-state index in [2.05, 4.69) is 20.6 Å². The van der Waals surface area contributed by atoms with Crippen molar-refractivity contribution in [1.82, 2.24) is 15.3 Å². The molecular weight excluding hydrogens is 412 g/mol. The van der Waals surface area contributed by atoms with Crippen LogP contribution in [0.2, 0.25) is 0 Å². The normalized spacial score (nSPS) is 12.9. The molecule has 0 aliphatic carbocycles. The van der Waals surface area contributed by atoms with Crippen molar-refractivity contribution in [2.45, 2.75) is 6.42 Å². The van der Waals surface area contributed by atoms with E-state index >= 15 is 0 Å². The highest BCUT2D eigenvalue weighted by Crippen LogP contribution is 2.27. The third-order valence-corrected chi connectivity index (χ3v) is 5.55. The molecule has 0 atom stereocenters. The topological polar surface area (TPSA) is 86.9 Å². The first-order valence-corrected chi connectivity index (χ1v) is 10.8. The number of hydrogen-bond acceptors (Lipinski definition) is 3. The summed E-state index contributed by atoms with van der Waals surface area (Å²) in [6.45, 7) is 0.651. The highest BCUT2D eigenvalue weighted by atomic mass is 16.2. The van der Waals surface area contributed by atoms with Gasteiger partial charge >= 0.3 is 0 Å². The Morgan fingerprint density at radius 2 is 1.79 bits per heavy atom. The number of fused-ring (bicyclic) bond motifs is 1. The Hall–Kier alpha value is -4.45. The molecule has 162 valence electrons. The molecule has 3 heterocycles. The van der Waals surface area contributed by atoms with Crippen molar-refractivity contribution < 1.29 is 9.59 Å². The van der Waals surface area contributed by atoms with Crippen LogP contribution in [0.5, 0.6) is 0 Å². The third kappa shape index (κ3) is 4.60. The van der Waals surface area contributed by atoms with E-state index in [1.807, 2.05) is 72.8 Å². The minimum absolute atomic E-state index is 0.0377. The first-order chi connectivity index (χ1) is 16.2. The van der Waals surface area contributed by atoms with Crippen LogP contribution in [0.1, 0.15) is 21.6 Å². The SMILES string of the molecule is O=C(C=Cc1ccccc1)Nc1ccc(-c2cc(-c3cc4c([nH]3)CCNC4=O)ccn2)cc1. The second kappa shape index (κ2) is 8.96. The molecule has 1 aliphatic heterocycles. The fourth-order valence-electron chi connectivity index (χ4n) is 3.85. The van der Waals surface area contributed by atoms with Crippen LogP contribution in [0.4, 0.5) is 5.69 Å². The molecule has 2 aromatic carbocycles. The van der Waals surface area contributed by atoms with Crippen molar-refractivity contribution in [3.8, 4) is 22.5 Å². The van der Waals surface area contributed by atoms with E-state index in [0.717, 1.165) is 40.2 Å². The molecule has 6 nitrogen and oxygen atoms in total. The number of nitrogens with one attached hydrogen (secondary N) is 3. The average molecular weight is 434 g/mol. The van der Waals surface area contributed by atoms with E-state index in [0.29, 0.717) is 17.8 Å². The van der Waals surface area contributed by atoms with Crippen LogP contribution < -0.4 is 10.6 Å². The van der Waals surface area contributed by atoms with E-state index < -0.39 is 0 Å². The molecule has 0 radical (unpaired) electrons. The second-order valence-electron chi connectivity index (χ2n) is 7.82. The summed E-state index contributed by atoms with van der Waals surface area (Å²) in [6.07, 6.45) is 5.85. The largest absolute Gasteiger partial charge is 0.358 e. The minimum Gasteiger partial charge on any atom is -0.358 e. The molecule has 0 unspecified atom stereocenters.